The Balaban J connectivity index is 2.56. The van der Waals surface area contributed by atoms with Gasteiger partial charge in [-0.3, -0.25) is 4.79 Å². The average Bonchev–Trinajstić information content (AvgIpc) is 2.41. The first-order valence-corrected chi connectivity index (χ1v) is 7.62. The van der Waals surface area contributed by atoms with E-state index in [1.165, 1.54) is 0 Å². The number of amides is 1. The lowest BCUT2D eigenvalue weighted by Crippen LogP contribution is -2.42. The molecule has 0 heterocycles. The van der Waals surface area contributed by atoms with E-state index in [2.05, 4.69) is 22.6 Å². The summed E-state index contributed by atoms with van der Waals surface area (Å²) in [5.74, 6) is -0.189. The Kier molecular flexibility index (Phi) is 7.27. The molecule has 0 unspecified atom stereocenters. The van der Waals surface area contributed by atoms with Gasteiger partial charge in [-0.2, -0.15) is 13.2 Å². The molecule has 0 aliphatic carbocycles. The van der Waals surface area contributed by atoms with Gasteiger partial charge < -0.3 is 9.64 Å². The van der Waals surface area contributed by atoms with E-state index in [0.717, 1.165) is 14.9 Å². The molecule has 3 nitrogen and oxygen atoms in total. The van der Waals surface area contributed by atoms with Crippen LogP contribution in [0.4, 0.5) is 13.2 Å². The van der Waals surface area contributed by atoms with Crippen LogP contribution < -0.4 is 4.74 Å². The number of nitrogens with zero attached hydrogens (tertiary/aromatic N) is 1. The van der Waals surface area contributed by atoms with Crippen molar-refractivity contribution in [3.63, 3.8) is 0 Å². The highest BCUT2D eigenvalue weighted by Crippen LogP contribution is 2.18. The number of ether oxygens (including phenoxy) is 1. The highest BCUT2D eigenvalue weighted by molar-refractivity contribution is 14.1. The highest BCUT2D eigenvalue weighted by Gasteiger charge is 2.32. The molecule has 0 atom stereocenters. The van der Waals surface area contributed by atoms with Gasteiger partial charge in [0.15, 0.2) is 6.61 Å². The molecule has 0 fully saturated rings. The van der Waals surface area contributed by atoms with Crippen molar-refractivity contribution in [2.24, 2.45) is 0 Å². The molecule has 0 aliphatic heterocycles. The lowest BCUT2D eigenvalue weighted by molar-refractivity contribution is -0.162. The zero-order chi connectivity index (χ0) is 15.9. The molecule has 1 aromatic rings. The van der Waals surface area contributed by atoms with Gasteiger partial charge in [-0.1, -0.05) is 13.3 Å². The van der Waals surface area contributed by atoms with E-state index in [1.54, 1.807) is 24.3 Å². The normalized spacial score (nSPS) is 11.3. The van der Waals surface area contributed by atoms with E-state index in [-0.39, 0.29) is 13.2 Å². The Morgan fingerprint density at radius 3 is 2.43 bits per heavy atom. The van der Waals surface area contributed by atoms with Crippen molar-refractivity contribution >= 4 is 28.5 Å². The van der Waals surface area contributed by atoms with E-state index >= 15 is 0 Å². The Labute approximate surface area is 135 Å². The van der Waals surface area contributed by atoms with Crippen LogP contribution in [0.25, 0.3) is 0 Å². The van der Waals surface area contributed by atoms with Crippen molar-refractivity contribution in [1.29, 1.82) is 0 Å². The molecule has 118 valence electrons. The first kappa shape index (κ1) is 18.1. The van der Waals surface area contributed by atoms with Gasteiger partial charge in [0.1, 0.15) is 12.3 Å². The van der Waals surface area contributed by atoms with Crippen LogP contribution in [0.3, 0.4) is 0 Å². The molecule has 1 rings (SSSR count). The smallest absolute Gasteiger partial charge is 0.406 e. The van der Waals surface area contributed by atoms with Gasteiger partial charge in [0.05, 0.1) is 0 Å². The third kappa shape index (κ3) is 7.54. The van der Waals surface area contributed by atoms with E-state index in [1.807, 2.05) is 6.92 Å². The van der Waals surface area contributed by atoms with Crippen LogP contribution in [0.2, 0.25) is 0 Å². The first-order chi connectivity index (χ1) is 9.81. The largest absolute Gasteiger partial charge is 0.484 e. The molecule has 0 spiro atoms. The van der Waals surface area contributed by atoms with Crippen molar-refractivity contribution < 1.29 is 22.7 Å². The van der Waals surface area contributed by atoms with Gasteiger partial charge in [-0.15, -0.1) is 0 Å². The zero-order valence-electron chi connectivity index (χ0n) is 11.6. The van der Waals surface area contributed by atoms with Crippen molar-refractivity contribution in [1.82, 2.24) is 4.90 Å². The first-order valence-electron chi connectivity index (χ1n) is 6.54. The maximum Gasteiger partial charge on any atom is 0.406 e. The second-order valence-corrected chi connectivity index (χ2v) is 5.77. The third-order valence-electron chi connectivity index (χ3n) is 2.68. The summed E-state index contributed by atoms with van der Waals surface area (Å²) < 4.78 is 43.6. The van der Waals surface area contributed by atoms with Crippen molar-refractivity contribution in [2.75, 3.05) is 19.7 Å². The van der Waals surface area contributed by atoms with Gasteiger partial charge in [0.25, 0.3) is 5.91 Å². The molecule has 0 radical (unpaired) electrons. The van der Waals surface area contributed by atoms with Crippen LogP contribution in [0.15, 0.2) is 24.3 Å². The Bertz CT molecular complexity index is 449. The van der Waals surface area contributed by atoms with E-state index < -0.39 is 18.6 Å². The second-order valence-electron chi connectivity index (χ2n) is 4.53. The molecule has 0 saturated carbocycles. The topological polar surface area (TPSA) is 29.5 Å². The van der Waals surface area contributed by atoms with Gasteiger partial charge in [-0.25, -0.2) is 0 Å². The number of carbonyl (C=O) groups is 1. The van der Waals surface area contributed by atoms with Gasteiger partial charge >= 0.3 is 6.18 Å². The average molecular weight is 415 g/mol. The number of unbranched alkanes of at least 4 members (excludes halogenated alkanes) is 1. The fraction of sp³-hybridized carbons (Fsp3) is 0.500. The quantitative estimate of drug-likeness (QED) is 0.634. The summed E-state index contributed by atoms with van der Waals surface area (Å²) in [4.78, 5) is 12.7. The molecule has 1 amide bonds. The van der Waals surface area contributed by atoms with E-state index in [9.17, 15) is 18.0 Å². The SMILES string of the molecule is CCCCN(CC(F)(F)F)C(=O)COc1ccc(I)cc1. The minimum atomic E-state index is -4.40. The fourth-order valence-corrected chi connectivity index (χ4v) is 1.98. The number of carbonyl (C=O) groups excluding carboxylic acids is 1. The van der Waals surface area contributed by atoms with Crippen LogP contribution in [-0.4, -0.2) is 36.7 Å². The summed E-state index contributed by atoms with van der Waals surface area (Å²) in [6.07, 6.45) is -3.14. The molecular formula is C14H17F3INO2. The van der Waals surface area contributed by atoms with Crippen molar-refractivity contribution in [3.05, 3.63) is 27.8 Å². The predicted molar refractivity (Wildman–Crippen MR) is 82.2 cm³/mol. The summed E-state index contributed by atoms with van der Waals surface area (Å²) in [6, 6.07) is 6.94. The number of benzene rings is 1. The number of hydrogen-bond donors (Lipinski definition) is 0. The van der Waals surface area contributed by atoms with E-state index in [0.29, 0.717) is 12.2 Å². The zero-order valence-corrected chi connectivity index (χ0v) is 13.8. The predicted octanol–water partition coefficient (Wildman–Crippen LogP) is 3.86. The Hall–Kier alpha value is -0.990. The van der Waals surface area contributed by atoms with Gasteiger partial charge in [0, 0.05) is 10.1 Å². The summed E-state index contributed by atoms with van der Waals surface area (Å²) >= 11 is 2.12. The van der Waals surface area contributed by atoms with E-state index in [4.69, 9.17) is 4.74 Å². The molecule has 21 heavy (non-hydrogen) atoms. The molecule has 0 saturated heterocycles. The number of halogens is 4. The van der Waals surface area contributed by atoms with Crippen LogP contribution in [0, 0.1) is 3.57 Å². The monoisotopic (exact) mass is 415 g/mol. The van der Waals surface area contributed by atoms with Crippen LogP contribution in [0.5, 0.6) is 5.75 Å². The lowest BCUT2D eigenvalue weighted by Gasteiger charge is -2.23. The number of rotatable bonds is 7. The Morgan fingerprint density at radius 1 is 1.29 bits per heavy atom. The van der Waals surface area contributed by atoms with Gasteiger partial charge in [-0.05, 0) is 53.3 Å². The third-order valence-corrected chi connectivity index (χ3v) is 3.40. The second kappa shape index (κ2) is 8.45. The summed E-state index contributed by atoms with van der Waals surface area (Å²) in [7, 11) is 0. The summed E-state index contributed by atoms with van der Waals surface area (Å²) in [5.41, 5.74) is 0. The molecule has 0 N–H and O–H groups in total. The number of hydrogen-bond acceptors (Lipinski definition) is 2. The molecule has 0 aliphatic rings. The van der Waals surface area contributed by atoms with Gasteiger partial charge in [0.2, 0.25) is 0 Å². The van der Waals surface area contributed by atoms with Crippen LogP contribution in [0.1, 0.15) is 19.8 Å². The van der Waals surface area contributed by atoms with Crippen LogP contribution in [-0.2, 0) is 4.79 Å². The summed E-state index contributed by atoms with van der Waals surface area (Å²) in [5, 5.41) is 0. The number of alkyl halides is 3. The molecule has 0 aromatic heterocycles. The maximum atomic E-state index is 12.5. The minimum Gasteiger partial charge on any atom is -0.484 e. The maximum absolute atomic E-state index is 12.5. The van der Waals surface area contributed by atoms with Crippen molar-refractivity contribution in [3.8, 4) is 5.75 Å². The minimum absolute atomic E-state index is 0.0882. The molecule has 0 bridgehead atoms. The molecule has 1 aromatic carbocycles. The lowest BCUT2D eigenvalue weighted by atomic mass is 10.3. The Morgan fingerprint density at radius 2 is 1.90 bits per heavy atom. The molecular weight excluding hydrogens is 398 g/mol. The highest BCUT2D eigenvalue weighted by atomic mass is 127. The van der Waals surface area contributed by atoms with Crippen molar-refractivity contribution in [2.45, 2.75) is 25.9 Å². The standard InChI is InChI=1S/C14H17F3INO2/c1-2-3-8-19(10-14(15,16)17)13(20)9-21-12-6-4-11(18)5-7-12/h4-7H,2-3,8-10H2,1H3. The molecule has 7 heteroatoms. The van der Waals surface area contributed by atoms with Crippen LogP contribution >= 0.6 is 22.6 Å². The summed E-state index contributed by atoms with van der Waals surface area (Å²) in [6.45, 7) is 0.325. The fourth-order valence-electron chi connectivity index (χ4n) is 1.62.